The molecule has 1 rings (SSSR count). The predicted octanol–water partition coefficient (Wildman–Crippen LogP) is 9.35. The van der Waals surface area contributed by atoms with E-state index in [4.69, 9.17) is 4.74 Å². The molecule has 1 aliphatic rings. The molecule has 0 aromatic heterocycles. The van der Waals surface area contributed by atoms with Gasteiger partial charge in [0, 0.05) is 6.42 Å². The molecule has 0 amide bonds. The minimum Gasteiger partial charge on any atom is -0.463 e. The van der Waals surface area contributed by atoms with E-state index in [-0.39, 0.29) is 12.1 Å². The van der Waals surface area contributed by atoms with Crippen LogP contribution in [0.2, 0.25) is 0 Å². The van der Waals surface area contributed by atoms with Crippen LogP contribution < -0.4 is 0 Å². The Bertz CT molecular complexity index is 278. The normalized spacial score (nSPS) is 15.5. The molecule has 0 aromatic carbocycles. The Morgan fingerprint density at radius 3 is 1.79 bits per heavy atom. The average molecular weight is 401 g/mol. The minimum absolute atomic E-state index is 0.0264. The fourth-order valence-electron chi connectivity index (χ4n) is 3.18. The van der Waals surface area contributed by atoms with Crippen LogP contribution in [0.4, 0.5) is 0 Å². The Hall–Kier alpha value is -0.530. The molecule has 1 aliphatic carbocycles. The SMILES string of the molecule is CC.CC.CCC(C)CCC(C)OC(=O)CC1CCCCC1.CCCCCC. The van der Waals surface area contributed by atoms with Crippen molar-refractivity contribution in [1.82, 2.24) is 0 Å². The number of unbranched alkanes of at least 4 members (excludes halogenated alkanes) is 3. The fourth-order valence-corrected chi connectivity index (χ4v) is 3.18. The molecule has 0 heterocycles. The van der Waals surface area contributed by atoms with Crippen LogP contribution in [0.1, 0.15) is 146 Å². The zero-order valence-electron chi connectivity index (χ0n) is 21.2. The highest BCUT2D eigenvalue weighted by Crippen LogP contribution is 2.26. The summed E-state index contributed by atoms with van der Waals surface area (Å²) < 4.78 is 5.51. The molecule has 2 heteroatoms. The molecule has 0 aromatic rings. The Balaban J connectivity index is -0.000000526. The average Bonchev–Trinajstić information content (AvgIpc) is 2.74. The van der Waals surface area contributed by atoms with Crippen molar-refractivity contribution in [3.63, 3.8) is 0 Å². The van der Waals surface area contributed by atoms with Crippen molar-refractivity contribution in [3.8, 4) is 0 Å². The number of rotatable bonds is 10. The third-order valence-electron chi connectivity index (χ3n) is 5.23. The van der Waals surface area contributed by atoms with Gasteiger partial charge in [-0.25, -0.2) is 0 Å². The number of ether oxygens (including phenoxy) is 1. The maximum absolute atomic E-state index is 11.8. The van der Waals surface area contributed by atoms with Crippen molar-refractivity contribution in [3.05, 3.63) is 0 Å². The van der Waals surface area contributed by atoms with E-state index in [1.807, 2.05) is 34.6 Å². The molecule has 172 valence electrons. The summed E-state index contributed by atoms with van der Waals surface area (Å²) in [6.45, 7) is 19.0. The van der Waals surface area contributed by atoms with E-state index in [9.17, 15) is 4.79 Å². The molecule has 0 aliphatic heterocycles. The van der Waals surface area contributed by atoms with E-state index in [1.165, 1.54) is 64.2 Å². The lowest BCUT2D eigenvalue weighted by Gasteiger charge is -2.22. The standard InChI is InChI=1S/C16H30O2.C6H14.2C2H6/c1-4-13(2)10-11-14(3)18-16(17)12-15-8-6-5-7-9-15;1-3-5-6-4-2;2*1-2/h13-15H,4-12H2,1-3H3;3-6H2,1-2H3;2*1-2H3. The van der Waals surface area contributed by atoms with Crippen LogP contribution in [0.25, 0.3) is 0 Å². The topological polar surface area (TPSA) is 26.3 Å². The molecule has 0 bridgehead atoms. The van der Waals surface area contributed by atoms with Crippen LogP contribution in [0.3, 0.4) is 0 Å². The first-order valence-electron chi connectivity index (χ1n) is 12.7. The third kappa shape index (κ3) is 23.5. The number of carbonyl (C=O) groups is 1. The summed E-state index contributed by atoms with van der Waals surface area (Å²) in [5, 5.41) is 0. The van der Waals surface area contributed by atoms with Crippen molar-refractivity contribution in [2.24, 2.45) is 11.8 Å². The van der Waals surface area contributed by atoms with Gasteiger partial charge < -0.3 is 4.74 Å². The van der Waals surface area contributed by atoms with Crippen molar-refractivity contribution < 1.29 is 9.53 Å². The lowest BCUT2D eigenvalue weighted by molar-refractivity contribution is -0.150. The first-order valence-corrected chi connectivity index (χ1v) is 12.7. The van der Waals surface area contributed by atoms with Gasteiger partial charge >= 0.3 is 5.97 Å². The highest BCUT2D eigenvalue weighted by molar-refractivity contribution is 5.69. The Morgan fingerprint density at radius 1 is 0.857 bits per heavy atom. The summed E-state index contributed by atoms with van der Waals surface area (Å²) in [6, 6.07) is 0. The lowest BCUT2D eigenvalue weighted by atomic mass is 9.87. The van der Waals surface area contributed by atoms with Gasteiger partial charge in [0.15, 0.2) is 0 Å². The van der Waals surface area contributed by atoms with Crippen molar-refractivity contribution in [1.29, 1.82) is 0 Å². The molecule has 2 nitrogen and oxygen atoms in total. The minimum atomic E-state index is 0.0264. The molecule has 2 unspecified atom stereocenters. The molecule has 0 radical (unpaired) electrons. The number of hydrogen-bond donors (Lipinski definition) is 0. The number of carbonyl (C=O) groups excluding carboxylic acids is 1. The molecule has 28 heavy (non-hydrogen) atoms. The lowest BCUT2D eigenvalue weighted by Crippen LogP contribution is -2.19. The molecule has 1 fully saturated rings. The Morgan fingerprint density at radius 2 is 1.36 bits per heavy atom. The molecule has 0 N–H and O–H groups in total. The zero-order valence-corrected chi connectivity index (χ0v) is 21.2. The summed E-state index contributed by atoms with van der Waals surface area (Å²) in [4.78, 5) is 11.8. The smallest absolute Gasteiger partial charge is 0.306 e. The van der Waals surface area contributed by atoms with Gasteiger partial charge in [-0.15, -0.1) is 0 Å². The quantitative estimate of drug-likeness (QED) is 0.269. The van der Waals surface area contributed by atoms with Gasteiger partial charge in [-0.05, 0) is 44.4 Å². The predicted molar refractivity (Wildman–Crippen MR) is 128 cm³/mol. The van der Waals surface area contributed by atoms with Gasteiger partial charge in [0.05, 0.1) is 6.10 Å². The van der Waals surface area contributed by atoms with Gasteiger partial charge in [-0.2, -0.15) is 0 Å². The Labute approximate surface area is 179 Å². The van der Waals surface area contributed by atoms with Crippen molar-refractivity contribution in [2.75, 3.05) is 0 Å². The van der Waals surface area contributed by atoms with Crippen LogP contribution in [-0.2, 0) is 9.53 Å². The van der Waals surface area contributed by atoms with E-state index in [0.717, 1.165) is 18.8 Å². The summed E-state index contributed by atoms with van der Waals surface area (Å²) in [7, 11) is 0. The second kappa shape index (κ2) is 26.5. The van der Waals surface area contributed by atoms with Crippen LogP contribution in [-0.4, -0.2) is 12.1 Å². The Kier molecular flexibility index (Phi) is 30.4. The molecule has 2 atom stereocenters. The van der Waals surface area contributed by atoms with Gasteiger partial charge in [0.2, 0.25) is 0 Å². The van der Waals surface area contributed by atoms with E-state index in [0.29, 0.717) is 12.3 Å². The second-order valence-corrected chi connectivity index (χ2v) is 7.81. The maximum atomic E-state index is 11.8. The van der Waals surface area contributed by atoms with Gasteiger partial charge in [0.25, 0.3) is 0 Å². The third-order valence-corrected chi connectivity index (χ3v) is 5.23. The highest BCUT2D eigenvalue weighted by Gasteiger charge is 2.19. The van der Waals surface area contributed by atoms with E-state index in [1.54, 1.807) is 0 Å². The van der Waals surface area contributed by atoms with Gasteiger partial charge in [0.1, 0.15) is 0 Å². The number of hydrogen-bond acceptors (Lipinski definition) is 2. The van der Waals surface area contributed by atoms with Crippen LogP contribution >= 0.6 is 0 Å². The zero-order chi connectivity index (χ0) is 22.2. The van der Waals surface area contributed by atoms with E-state index in [2.05, 4.69) is 27.7 Å². The second-order valence-electron chi connectivity index (χ2n) is 7.81. The highest BCUT2D eigenvalue weighted by atomic mass is 16.5. The molecule has 0 spiro atoms. The largest absolute Gasteiger partial charge is 0.463 e. The first-order chi connectivity index (χ1) is 13.5. The first kappa shape index (κ1) is 32.1. The fraction of sp³-hybridized carbons (Fsp3) is 0.962. The number of esters is 1. The molecule has 0 saturated heterocycles. The molecular formula is C26H56O2. The van der Waals surface area contributed by atoms with Crippen LogP contribution in [0.5, 0.6) is 0 Å². The van der Waals surface area contributed by atoms with E-state index < -0.39 is 0 Å². The van der Waals surface area contributed by atoms with Crippen molar-refractivity contribution >= 4 is 5.97 Å². The van der Waals surface area contributed by atoms with Crippen molar-refractivity contribution in [2.45, 2.75) is 152 Å². The van der Waals surface area contributed by atoms with Crippen LogP contribution in [0.15, 0.2) is 0 Å². The summed E-state index contributed by atoms with van der Waals surface area (Å²) >= 11 is 0. The van der Waals surface area contributed by atoms with Gasteiger partial charge in [-0.3, -0.25) is 4.79 Å². The summed E-state index contributed by atoms with van der Waals surface area (Å²) in [5.41, 5.74) is 0. The van der Waals surface area contributed by atoms with Crippen LogP contribution in [0, 0.1) is 11.8 Å². The molecular weight excluding hydrogens is 344 g/mol. The summed E-state index contributed by atoms with van der Waals surface area (Å²) in [6.07, 6.45) is 16.0. The van der Waals surface area contributed by atoms with Gasteiger partial charge in [-0.1, -0.05) is 107 Å². The maximum Gasteiger partial charge on any atom is 0.306 e. The monoisotopic (exact) mass is 400 g/mol. The summed E-state index contributed by atoms with van der Waals surface area (Å²) in [5.74, 6) is 1.36. The molecule has 1 saturated carbocycles. The van der Waals surface area contributed by atoms with E-state index >= 15 is 0 Å².